The normalized spacial score (nSPS) is 29.4. The van der Waals surface area contributed by atoms with Crippen LogP contribution in [0.1, 0.15) is 45.4 Å². The number of allylic oxidation sites excluding steroid dienone is 2. The zero-order chi connectivity index (χ0) is 14.6. The highest BCUT2D eigenvalue weighted by atomic mass is 16.4. The van der Waals surface area contributed by atoms with Crippen molar-refractivity contribution in [2.75, 3.05) is 13.1 Å². The minimum absolute atomic E-state index is 0.221. The Morgan fingerprint density at radius 2 is 2.25 bits per heavy atom. The van der Waals surface area contributed by atoms with E-state index in [9.17, 15) is 14.7 Å². The number of urea groups is 1. The van der Waals surface area contributed by atoms with Gasteiger partial charge in [-0.15, -0.1) is 0 Å². The molecule has 1 saturated heterocycles. The molecule has 0 spiro atoms. The standard InChI is InChI=1S/C15H24N2O3/c1-2-15(13(18)19)9-6-10-17(15)14(20)16-11-12-7-4-3-5-8-12/h3-4,12H,2,5-11H2,1H3,(H,16,20)(H,18,19). The van der Waals surface area contributed by atoms with Gasteiger partial charge in [-0.3, -0.25) is 0 Å². The lowest BCUT2D eigenvalue weighted by Crippen LogP contribution is -2.56. The Kier molecular flexibility index (Phi) is 4.68. The molecule has 2 amide bonds. The van der Waals surface area contributed by atoms with Crippen LogP contribution >= 0.6 is 0 Å². The van der Waals surface area contributed by atoms with Crippen molar-refractivity contribution in [3.63, 3.8) is 0 Å². The average molecular weight is 280 g/mol. The summed E-state index contributed by atoms with van der Waals surface area (Å²) in [4.78, 5) is 25.4. The lowest BCUT2D eigenvalue weighted by Gasteiger charge is -2.34. The molecule has 0 aromatic carbocycles. The number of carbonyl (C=O) groups is 2. The summed E-state index contributed by atoms with van der Waals surface area (Å²) in [6.45, 7) is 3.02. The van der Waals surface area contributed by atoms with Crippen LogP contribution in [0.5, 0.6) is 0 Å². The highest BCUT2D eigenvalue weighted by molar-refractivity contribution is 5.87. The quantitative estimate of drug-likeness (QED) is 0.777. The monoisotopic (exact) mass is 280 g/mol. The van der Waals surface area contributed by atoms with Crippen LogP contribution in [0.25, 0.3) is 0 Å². The fourth-order valence-electron chi connectivity index (χ4n) is 3.28. The van der Waals surface area contributed by atoms with Gasteiger partial charge in [-0.1, -0.05) is 19.1 Å². The Morgan fingerprint density at radius 1 is 1.45 bits per heavy atom. The fourth-order valence-corrected chi connectivity index (χ4v) is 3.28. The molecule has 1 aliphatic carbocycles. The van der Waals surface area contributed by atoms with E-state index < -0.39 is 11.5 Å². The Balaban J connectivity index is 1.94. The molecule has 0 aromatic rings. The van der Waals surface area contributed by atoms with Crippen molar-refractivity contribution in [1.82, 2.24) is 10.2 Å². The minimum atomic E-state index is -1.00. The van der Waals surface area contributed by atoms with E-state index in [4.69, 9.17) is 0 Å². The number of hydrogen-bond acceptors (Lipinski definition) is 2. The maximum absolute atomic E-state index is 12.3. The number of likely N-dealkylation sites (tertiary alicyclic amines) is 1. The Labute approximate surface area is 120 Å². The largest absolute Gasteiger partial charge is 0.479 e. The molecular formula is C15H24N2O3. The van der Waals surface area contributed by atoms with Crippen LogP contribution in [-0.2, 0) is 4.79 Å². The van der Waals surface area contributed by atoms with E-state index in [1.54, 1.807) is 0 Å². The van der Waals surface area contributed by atoms with Gasteiger partial charge in [0, 0.05) is 13.1 Å². The summed E-state index contributed by atoms with van der Waals surface area (Å²) in [7, 11) is 0. The molecule has 20 heavy (non-hydrogen) atoms. The lowest BCUT2D eigenvalue weighted by molar-refractivity contribution is -0.148. The third-order valence-corrected chi connectivity index (χ3v) is 4.64. The number of nitrogens with one attached hydrogen (secondary N) is 1. The summed E-state index contributed by atoms with van der Waals surface area (Å²) in [5.74, 6) is -0.402. The van der Waals surface area contributed by atoms with Crippen molar-refractivity contribution >= 4 is 12.0 Å². The van der Waals surface area contributed by atoms with Crippen LogP contribution in [0.4, 0.5) is 4.79 Å². The number of carbonyl (C=O) groups excluding carboxylic acids is 1. The number of carboxylic acid groups (broad SMARTS) is 1. The van der Waals surface area contributed by atoms with Crippen LogP contribution in [0, 0.1) is 5.92 Å². The van der Waals surface area contributed by atoms with Crippen molar-refractivity contribution in [2.24, 2.45) is 5.92 Å². The van der Waals surface area contributed by atoms with E-state index in [2.05, 4.69) is 17.5 Å². The van der Waals surface area contributed by atoms with E-state index in [1.165, 1.54) is 4.90 Å². The SMILES string of the molecule is CCC1(C(=O)O)CCCN1C(=O)NCC1CC=CCC1. The van der Waals surface area contributed by atoms with Crippen LogP contribution in [0.3, 0.4) is 0 Å². The third-order valence-electron chi connectivity index (χ3n) is 4.64. The van der Waals surface area contributed by atoms with Crippen molar-refractivity contribution < 1.29 is 14.7 Å². The van der Waals surface area contributed by atoms with Crippen molar-refractivity contribution in [3.8, 4) is 0 Å². The van der Waals surface area contributed by atoms with Gasteiger partial charge >= 0.3 is 12.0 Å². The van der Waals surface area contributed by atoms with Gasteiger partial charge in [-0.2, -0.15) is 0 Å². The summed E-state index contributed by atoms with van der Waals surface area (Å²) >= 11 is 0. The molecule has 2 atom stereocenters. The number of nitrogens with zero attached hydrogens (tertiary/aromatic N) is 1. The van der Waals surface area contributed by atoms with E-state index >= 15 is 0 Å². The van der Waals surface area contributed by atoms with Crippen molar-refractivity contribution in [3.05, 3.63) is 12.2 Å². The first-order chi connectivity index (χ1) is 9.60. The van der Waals surface area contributed by atoms with Gasteiger partial charge < -0.3 is 15.3 Å². The Bertz CT molecular complexity index is 408. The molecule has 2 rings (SSSR count). The first kappa shape index (κ1) is 14.9. The average Bonchev–Trinajstić information content (AvgIpc) is 2.91. The van der Waals surface area contributed by atoms with Crippen molar-refractivity contribution in [1.29, 1.82) is 0 Å². The van der Waals surface area contributed by atoms with Gasteiger partial charge in [-0.05, 0) is 44.4 Å². The van der Waals surface area contributed by atoms with E-state index in [0.717, 1.165) is 25.7 Å². The molecule has 5 nitrogen and oxygen atoms in total. The predicted octanol–water partition coefficient (Wildman–Crippen LogP) is 2.38. The lowest BCUT2D eigenvalue weighted by atomic mass is 9.93. The van der Waals surface area contributed by atoms with E-state index in [-0.39, 0.29) is 6.03 Å². The summed E-state index contributed by atoms with van der Waals surface area (Å²) in [6.07, 6.45) is 9.26. The summed E-state index contributed by atoms with van der Waals surface area (Å²) in [5, 5.41) is 12.4. The second kappa shape index (κ2) is 6.29. The number of amides is 2. The summed E-state index contributed by atoms with van der Waals surface area (Å²) < 4.78 is 0. The first-order valence-electron chi connectivity index (χ1n) is 7.54. The summed E-state index contributed by atoms with van der Waals surface area (Å²) in [5.41, 5.74) is -1.00. The first-order valence-corrected chi connectivity index (χ1v) is 7.54. The molecular weight excluding hydrogens is 256 g/mol. The molecule has 0 bridgehead atoms. The molecule has 0 aromatic heterocycles. The zero-order valence-corrected chi connectivity index (χ0v) is 12.1. The van der Waals surface area contributed by atoms with Gasteiger partial charge in [0.25, 0.3) is 0 Å². The highest BCUT2D eigenvalue weighted by Crippen LogP contribution is 2.32. The molecule has 1 fully saturated rings. The topological polar surface area (TPSA) is 69.6 Å². The summed E-state index contributed by atoms with van der Waals surface area (Å²) in [6, 6.07) is -0.221. The number of hydrogen-bond donors (Lipinski definition) is 2. The highest BCUT2D eigenvalue weighted by Gasteiger charge is 2.48. The van der Waals surface area contributed by atoms with Gasteiger partial charge in [0.05, 0.1) is 0 Å². The maximum atomic E-state index is 12.3. The molecule has 5 heteroatoms. The van der Waals surface area contributed by atoms with Gasteiger partial charge in [0.1, 0.15) is 5.54 Å². The molecule has 0 radical (unpaired) electrons. The molecule has 0 saturated carbocycles. The second-order valence-electron chi connectivity index (χ2n) is 5.78. The maximum Gasteiger partial charge on any atom is 0.329 e. The molecule has 1 aliphatic heterocycles. The second-order valence-corrected chi connectivity index (χ2v) is 5.78. The van der Waals surface area contributed by atoms with Crippen LogP contribution in [-0.4, -0.2) is 40.6 Å². The van der Waals surface area contributed by atoms with Gasteiger partial charge in [0.2, 0.25) is 0 Å². The van der Waals surface area contributed by atoms with Crippen LogP contribution < -0.4 is 5.32 Å². The molecule has 1 heterocycles. The predicted molar refractivity (Wildman–Crippen MR) is 76.5 cm³/mol. The van der Waals surface area contributed by atoms with Gasteiger partial charge in [-0.25, -0.2) is 9.59 Å². The smallest absolute Gasteiger partial charge is 0.329 e. The van der Waals surface area contributed by atoms with Crippen LogP contribution in [0.15, 0.2) is 12.2 Å². The Morgan fingerprint density at radius 3 is 2.85 bits per heavy atom. The molecule has 2 N–H and O–H groups in total. The number of rotatable bonds is 4. The minimum Gasteiger partial charge on any atom is -0.479 e. The Hall–Kier alpha value is -1.52. The van der Waals surface area contributed by atoms with E-state index in [1.807, 2.05) is 6.92 Å². The molecule has 2 unspecified atom stereocenters. The van der Waals surface area contributed by atoms with E-state index in [0.29, 0.717) is 31.8 Å². The zero-order valence-electron chi connectivity index (χ0n) is 12.1. The van der Waals surface area contributed by atoms with Gasteiger partial charge in [0.15, 0.2) is 0 Å². The fraction of sp³-hybridized carbons (Fsp3) is 0.733. The van der Waals surface area contributed by atoms with Crippen LogP contribution in [0.2, 0.25) is 0 Å². The number of carboxylic acids is 1. The number of aliphatic carboxylic acids is 1. The van der Waals surface area contributed by atoms with Crippen molar-refractivity contribution in [2.45, 2.75) is 51.0 Å². The molecule has 2 aliphatic rings. The third kappa shape index (κ3) is 2.81. The molecule has 112 valence electrons.